The molecule has 0 radical (unpaired) electrons. The van der Waals surface area contributed by atoms with E-state index in [9.17, 15) is 0 Å². The fourth-order valence-corrected chi connectivity index (χ4v) is 10.6. The maximum absolute atomic E-state index is 2.79. The van der Waals surface area contributed by atoms with E-state index in [-0.39, 0.29) is 0 Å². The van der Waals surface area contributed by atoms with Gasteiger partial charge in [-0.2, -0.15) is 0 Å². The average molecular weight is 443 g/mol. The molecule has 4 aliphatic rings. The van der Waals surface area contributed by atoms with Crippen LogP contribution in [0.1, 0.15) is 121 Å². The van der Waals surface area contributed by atoms with Crippen molar-refractivity contribution in [1.29, 1.82) is 0 Å². The molecule has 13 atom stereocenters. The van der Waals surface area contributed by atoms with Gasteiger partial charge in [0.2, 0.25) is 0 Å². The van der Waals surface area contributed by atoms with Crippen LogP contribution in [0.15, 0.2) is 0 Å². The zero-order valence-electron chi connectivity index (χ0n) is 23.6. The normalized spacial score (nSPS) is 52.8. The van der Waals surface area contributed by atoms with Crippen molar-refractivity contribution in [2.45, 2.75) is 121 Å². The van der Waals surface area contributed by atoms with Crippen molar-refractivity contribution in [3.63, 3.8) is 0 Å². The lowest BCUT2D eigenvalue weighted by Crippen LogP contribution is -2.60. The van der Waals surface area contributed by atoms with Gasteiger partial charge in [-0.25, -0.2) is 0 Å². The van der Waals surface area contributed by atoms with Crippen molar-refractivity contribution in [2.75, 3.05) is 0 Å². The molecular weight excluding hydrogens is 384 g/mol. The lowest BCUT2D eigenvalue weighted by Gasteiger charge is -2.66. The van der Waals surface area contributed by atoms with Crippen LogP contribution in [0.4, 0.5) is 0 Å². The van der Waals surface area contributed by atoms with E-state index in [1.54, 1.807) is 0 Å². The summed E-state index contributed by atoms with van der Waals surface area (Å²) < 4.78 is 0. The molecule has 0 saturated heterocycles. The van der Waals surface area contributed by atoms with E-state index in [1.807, 2.05) is 0 Å². The lowest BCUT2D eigenvalue weighted by molar-refractivity contribution is -0.183. The Morgan fingerprint density at radius 1 is 0.750 bits per heavy atom. The summed E-state index contributed by atoms with van der Waals surface area (Å²) in [5.74, 6) is 11.2. The number of rotatable bonds is 5. The van der Waals surface area contributed by atoms with E-state index in [4.69, 9.17) is 0 Å². The highest BCUT2D eigenvalue weighted by atomic mass is 14.7. The second-order valence-corrected chi connectivity index (χ2v) is 15.0. The quantitative estimate of drug-likeness (QED) is 0.397. The van der Waals surface area contributed by atoms with Crippen molar-refractivity contribution in [1.82, 2.24) is 0 Å². The summed E-state index contributed by atoms with van der Waals surface area (Å²) in [5.41, 5.74) is 1.20. The van der Waals surface area contributed by atoms with E-state index in [2.05, 4.69) is 69.2 Å². The molecule has 4 saturated carbocycles. The van der Waals surface area contributed by atoms with Gasteiger partial charge >= 0.3 is 0 Å². The maximum atomic E-state index is 2.79. The SMILES string of the molecule is CC1CC[C@@]2(C)C(C1)C(C)C(C)C1C2CC(C)[C@@]2(C)C1CC[C@@H]2[C@H](C)CCC(C)C(C)C. The monoisotopic (exact) mass is 442 g/mol. The summed E-state index contributed by atoms with van der Waals surface area (Å²) in [6, 6.07) is 0. The summed E-state index contributed by atoms with van der Waals surface area (Å²) in [6.07, 6.45) is 12.0. The molecule has 0 aromatic heterocycles. The first kappa shape index (κ1) is 25.1. The van der Waals surface area contributed by atoms with Crippen LogP contribution in [-0.2, 0) is 0 Å². The summed E-state index contributed by atoms with van der Waals surface area (Å²) in [6.45, 7) is 26.1. The van der Waals surface area contributed by atoms with Gasteiger partial charge in [-0.3, -0.25) is 0 Å². The Kier molecular flexibility index (Phi) is 6.98. The van der Waals surface area contributed by atoms with Crippen molar-refractivity contribution in [2.24, 2.45) is 81.8 Å². The van der Waals surface area contributed by atoms with E-state index in [1.165, 1.54) is 51.4 Å². The third-order valence-corrected chi connectivity index (χ3v) is 13.5. The van der Waals surface area contributed by atoms with Crippen LogP contribution >= 0.6 is 0 Å². The molecule has 4 rings (SSSR count). The van der Waals surface area contributed by atoms with Crippen LogP contribution in [-0.4, -0.2) is 0 Å². The van der Waals surface area contributed by atoms with Crippen LogP contribution in [0, 0.1) is 81.8 Å². The second-order valence-electron chi connectivity index (χ2n) is 15.0. The minimum atomic E-state index is 0.584. The molecule has 0 N–H and O–H groups in total. The molecule has 0 bridgehead atoms. The molecule has 4 aliphatic carbocycles. The third kappa shape index (κ3) is 3.75. The van der Waals surface area contributed by atoms with Crippen LogP contribution in [0.25, 0.3) is 0 Å². The first-order valence-corrected chi connectivity index (χ1v) is 14.9. The average Bonchev–Trinajstić information content (AvgIpc) is 3.10. The van der Waals surface area contributed by atoms with Crippen LogP contribution < -0.4 is 0 Å². The first-order chi connectivity index (χ1) is 14.9. The molecule has 186 valence electrons. The maximum Gasteiger partial charge on any atom is -0.0238 e. The second kappa shape index (κ2) is 8.90. The largest absolute Gasteiger partial charge is 0.0625 e. The van der Waals surface area contributed by atoms with E-state index in [0.29, 0.717) is 10.8 Å². The molecule has 0 aliphatic heterocycles. The Morgan fingerprint density at radius 3 is 2.09 bits per heavy atom. The molecule has 0 nitrogen and oxygen atoms in total. The molecule has 0 aromatic carbocycles. The van der Waals surface area contributed by atoms with Gasteiger partial charge < -0.3 is 0 Å². The summed E-state index contributed by atoms with van der Waals surface area (Å²) in [7, 11) is 0. The smallest absolute Gasteiger partial charge is 0.0238 e. The summed E-state index contributed by atoms with van der Waals surface area (Å²) in [4.78, 5) is 0. The van der Waals surface area contributed by atoms with Gasteiger partial charge in [0.1, 0.15) is 0 Å². The Morgan fingerprint density at radius 2 is 1.44 bits per heavy atom. The van der Waals surface area contributed by atoms with Gasteiger partial charge in [-0.05, 0) is 114 Å². The molecule has 32 heavy (non-hydrogen) atoms. The Hall–Kier alpha value is 0. The minimum Gasteiger partial charge on any atom is -0.0625 e. The van der Waals surface area contributed by atoms with Crippen molar-refractivity contribution < 1.29 is 0 Å². The highest BCUT2D eigenvalue weighted by Gasteiger charge is 2.65. The molecule has 0 heteroatoms. The predicted octanol–water partition coefficient (Wildman–Crippen LogP) is 9.73. The molecule has 0 aromatic rings. The van der Waals surface area contributed by atoms with Crippen LogP contribution in [0.2, 0.25) is 0 Å². The van der Waals surface area contributed by atoms with Gasteiger partial charge in [-0.15, -0.1) is 0 Å². The van der Waals surface area contributed by atoms with E-state index < -0.39 is 0 Å². The Bertz CT molecular complexity index is 648. The van der Waals surface area contributed by atoms with Gasteiger partial charge in [0, 0.05) is 0 Å². The Labute approximate surface area is 202 Å². The van der Waals surface area contributed by atoms with E-state index >= 15 is 0 Å². The lowest BCUT2D eigenvalue weighted by atomic mass is 9.38. The number of hydrogen-bond donors (Lipinski definition) is 0. The standard InChI is InChI=1S/C32H58/c1-19(2)21(4)11-12-22(5)26-13-14-27-30-25(8)24(7)28-17-20(3)15-16-31(28,9)29(30)18-23(6)32(26,27)10/h19-30H,11-18H2,1-10H3/t20?,21?,22-,23?,24?,25?,26-,27?,28?,29?,30?,31+,32-/m1/s1. The Balaban J connectivity index is 1.59. The molecular formula is C32H58. The van der Waals surface area contributed by atoms with Crippen molar-refractivity contribution in [3.8, 4) is 0 Å². The van der Waals surface area contributed by atoms with Gasteiger partial charge in [-0.1, -0.05) is 88.5 Å². The van der Waals surface area contributed by atoms with Crippen LogP contribution in [0.5, 0.6) is 0 Å². The highest BCUT2D eigenvalue weighted by Crippen LogP contribution is 2.72. The zero-order valence-corrected chi connectivity index (χ0v) is 23.6. The first-order valence-electron chi connectivity index (χ1n) is 14.9. The molecule has 0 heterocycles. The van der Waals surface area contributed by atoms with Crippen molar-refractivity contribution >= 4 is 0 Å². The molecule has 9 unspecified atom stereocenters. The van der Waals surface area contributed by atoms with Crippen molar-refractivity contribution in [3.05, 3.63) is 0 Å². The summed E-state index contributed by atoms with van der Waals surface area (Å²) >= 11 is 0. The van der Waals surface area contributed by atoms with Crippen LogP contribution in [0.3, 0.4) is 0 Å². The minimum absolute atomic E-state index is 0.584. The zero-order chi connectivity index (χ0) is 23.6. The molecule has 0 spiro atoms. The van der Waals surface area contributed by atoms with Gasteiger partial charge in [0.15, 0.2) is 0 Å². The number of hydrogen-bond acceptors (Lipinski definition) is 0. The van der Waals surface area contributed by atoms with Gasteiger partial charge in [0.05, 0.1) is 0 Å². The number of fused-ring (bicyclic) bond motifs is 5. The van der Waals surface area contributed by atoms with E-state index in [0.717, 1.165) is 71.0 Å². The molecule has 0 amide bonds. The topological polar surface area (TPSA) is 0 Å². The third-order valence-electron chi connectivity index (χ3n) is 13.5. The fraction of sp³-hybridized carbons (Fsp3) is 1.00. The predicted molar refractivity (Wildman–Crippen MR) is 140 cm³/mol. The summed E-state index contributed by atoms with van der Waals surface area (Å²) in [5, 5.41) is 0. The van der Waals surface area contributed by atoms with Gasteiger partial charge in [0.25, 0.3) is 0 Å². The molecule has 4 fully saturated rings. The fourth-order valence-electron chi connectivity index (χ4n) is 10.6. The highest BCUT2D eigenvalue weighted by molar-refractivity contribution is 5.13.